The van der Waals surface area contributed by atoms with Gasteiger partial charge in [0, 0.05) is 29.5 Å². The fourth-order valence-corrected chi connectivity index (χ4v) is 4.09. The summed E-state index contributed by atoms with van der Waals surface area (Å²) in [5, 5.41) is 0.993. The minimum absolute atomic E-state index is 0.0521. The second-order valence-electron chi connectivity index (χ2n) is 7.68. The van der Waals surface area contributed by atoms with Crippen LogP contribution in [0.2, 0.25) is 0 Å². The molecule has 0 atom stereocenters. The summed E-state index contributed by atoms with van der Waals surface area (Å²) >= 11 is 0. The first kappa shape index (κ1) is 18.4. The molecule has 2 heterocycles. The van der Waals surface area contributed by atoms with Gasteiger partial charge in [0.05, 0.1) is 12.1 Å². The molecular weight excluding hydrogens is 350 g/mol. The Morgan fingerprint density at radius 2 is 2.00 bits per heavy atom. The van der Waals surface area contributed by atoms with E-state index in [0.717, 1.165) is 42.1 Å². The Balaban J connectivity index is 1.71. The van der Waals surface area contributed by atoms with E-state index >= 15 is 0 Å². The van der Waals surface area contributed by atoms with E-state index in [9.17, 15) is 9.59 Å². The van der Waals surface area contributed by atoms with Crippen LogP contribution in [0.15, 0.2) is 53.6 Å². The van der Waals surface area contributed by atoms with Gasteiger partial charge in [0.2, 0.25) is 0 Å². The van der Waals surface area contributed by atoms with Crippen molar-refractivity contribution in [1.82, 2.24) is 14.9 Å². The highest BCUT2D eigenvalue weighted by molar-refractivity contribution is 5.94. The van der Waals surface area contributed by atoms with Gasteiger partial charge in [0.15, 0.2) is 0 Å². The molecule has 5 heteroatoms. The molecule has 0 bridgehead atoms. The summed E-state index contributed by atoms with van der Waals surface area (Å²) in [7, 11) is 0. The van der Waals surface area contributed by atoms with Gasteiger partial charge in [-0.2, -0.15) is 0 Å². The first-order valence-electron chi connectivity index (χ1n) is 9.95. The van der Waals surface area contributed by atoms with Gasteiger partial charge in [-0.25, -0.2) is 0 Å². The number of aromatic nitrogens is 2. The molecule has 144 valence electrons. The fraction of sp³-hybridized carbons (Fsp3) is 0.348. The molecule has 4 rings (SSSR count). The molecular formula is C23H25N3O2. The lowest BCUT2D eigenvalue weighted by Crippen LogP contribution is -2.42. The number of hydrogen-bond donors (Lipinski definition) is 1. The number of aryl methyl sites for hydroxylation is 1. The number of carbonyl (C=O) groups is 1. The molecule has 0 radical (unpaired) electrons. The highest BCUT2D eigenvalue weighted by Crippen LogP contribution is 2.25. The minimum Gasteiger partial charge on any atom is -0.331 e. The number of hydrogen-bond acceptors (Lipinski definition) is 3. The summed E-state index contributed by atoms with van der Waals surface area (Å²) in [6, 6.07) is 11.6. The number of benzene rings is 1. The Hall–Kier alpha value is -2.95. The Bertz CT molecular complexity index is 1040. The van der Waals surface area contributed by atoms with Gasteiger partial charge in [-0.1, -0.05) is 30.9 Å². The Morgan fingerprint density at radius 1 is 1.18 bits per heavy atom. The van der Waals surface area contributed by atoms with Gasteiger partial charge < -0.3 is 9.88 Å². The lowest BCUT2D eigenvalue weighted by atomic mass is 9.93. The molecule has 0 saturated heterocycles. The van der Waals surface area contributed by atoms with Crippen LogP contribution in [0.1, 0.15) is 53.6 Å². The largest absolute Gasteiger partial charge is 0.331 e. The highest BCUT2D eigenvalue weighted by atomic mass is 16.2. The van der Waals surface area contributed by atoms with Crippen LogP contribution in [-0.4, -0.2) is 26.8 Å². The maximum Gasteiger partial charge on any atom is 0.255 e. The molecule has 1 fully saturated rings. The topological polar surface area (TPSA) is 66.1 Å². The second-order valence-corrected chi connectivity index (χ2v) is 7.68. The van der Waals surface area contributed by atoms with Crippen molar-refractivity contribution in [3.05, 3.63) is 75.8 Å². The van der Waals surface area contributed by atoms with Crippen LogP contribution in [0.3, 0.4) is 0 Å². The maximum absolute atomic E-state index is 13.3. The second kappa shape index (κ2) is 7.97. The monoisotopic (exact) mass is 375 g/mol. The molecule has 5 nitrogen and oxygen atoms in total. The average Bonchev–Trinajstić information content (AvgIpc) is 2.73. The van der Waals surface area contributed by atoms with Crippen molar-refractivity contribution in [1.29, 1.82) is 0 Å². The molecule has 0 unspecified atom stereocenters. The van der Waals surface area contributed by atoms with E-state index in [1.165, 1.54) is 6.42 Å². The zero-order valence-corrected chi connectivity index (χ0v) is 16.1. The van der Waals surface area contributed by atoms with E-state index in [1.807, 2.05) is 30.0 Å². The molecule has 0 spiro atoms. The number of carbonyl (C=O) groups excluding carboxylic acids is 1. The van der Waals surface area contributed by atoms with E-state index < -0.39 is 0 Å². The molecule has 1 aromatic carbocycles. The summed E-state index contributed by atoms with van der Waals surface area (Å²) in [5.74, 6) is -0.0521. The van der Waals surface area contributed by atoms with Gasteiger partial charge in [-0.05, 0) is 55.5 Å². The van der Waals surface area contributed by atoms with Crippen molar-refractivity contribution in [3.8, 4) is 0 Å². The van der Waals surface area contributed by atoms with Crippen molar-refractivity contribution in [2.45, 2.75) is 51.6 Å². The van der Waals surface area contributed by atoms with Gasteiger partial charge in [-0.15, -0.1) is 0 Å². The molecule has 0 aliphatic heterocycles. The fourth-order valence-electron chi connectivity index (χ4n) is 4.09. The van der Waals surface area contributed by atoms with Crippen molar-refractivity contribution in [3.63, 3.8) is 0 Å². The summed E-state index contributed by atoms with van der Waals surface area (Å²) in [6.45, 7) is 2.35. The van der Waals surface area contributed by atoms with Crippen LogP contribution in [-0.2, 0) is 6.54 Å². The van der Waals surface area contributed by atoms with E-state index in [0.29, 0.717) is 17.7 Å². The minimum atomic E-state index is -0.129. The summed E-state index contributed by atoms with van der Waals surface area (Å²) in [6.07, 6.45) is 8.68. The zero-order valence-electron chi connectivity index (χ0n) is 16.1. The normalized spacial score (nSPS) is 14.9. The van der Waals surface area contributed by atoms with E-state index in [-0.39, 0.29) is 17.5 Å². The van der Waals surface area contributed by atoms with Gasteiger partial charge in [-0.3, -0.25) is 14.6 Å². The molecule has 1 saturated carbocycles. The predicted octanol–water partition coefficient (Wildman–Crippen LogP) is 4.21. The third-order valence-corrected chi connectivity index (χ3v) is 5.60. The standard InChI is InChI=1S/C23H25N3O2/c1-16-9-10-21-18(12-16)13-19(22(27)25-21)15-26(20-7-3-2-4-8-20)23(28)17-6-5-11-24-14-17/h5-6,9-14,20H,2-4,7-8,15H2,1H3,(H,25,27). The number of pyridine rings is 2. The Morgan fingerprint density at radius 3 is 2.75 bits per heavy atom. The van der Waals surface area contributed by atoms with Crippen molar-refractivity contribution in [2.75, 3.05) is 0 Å². The quantitative estimate of drug-likeness (QED) is 0.743. The van der Waals surface area contributed by atoms with Gasteiger partial charge in [0.25, 0.3) is 11.5 Å². The number of nitrogens with zero attached hydrogens (tertiary/aromatic N) is 2. The van der Waals surface area contributed by atoms with Crippen LogP contribution in [0, 0.1) is 6.92 Å². The van der Waals surface area contributed by atoms with E-state index in [4.69, 9.17) is 0 Å². The van der Waals surface area contributed by atoms with Crippen LogP contribution < -0.4 is 5.56 Å². The van der Waals surface area contributed by atoms with Crippen LogP contribution in [0.25, 0.3) is 10.9 Å². The number of fused-ring (bicyclic) bond motifs is 1. The lowest BCUT2D eigenvalue weighted by Gasteiger charge is -2.34. The molecule has 1 aliphatic rings. The van der Waals surface area contributed by atoms with Crippen molar-refractivity contribution in [2.24, 2.45) is 0 Å². The number of H-pyrrole nitrogens is 1. The van der Waals surface area contributed by atoms with Gasteiger partial charge in [0.1, 0.15) is 0 Å². The first-order valence-corrected chi connectivity index (χ1v) is 9.95. The summed E-state index contributed by atoms with van der Waals surface area (Å²) < 4.78 is 0. The molecule has 28 heavy (non-hydrogen) atoms. The van der Waals surface area contributed by atoms with E-state index in [2.05, 4.69) is 16.0 Å². The first-order chi connectivity index (χ1) is 13.6. The molecule has 1 amide bonds. The summed E-state index contributed by atoms with van der Waals surface area (Å²) in [4.78, 5) is 34.9. The third kappa shape index (κ3) is 3.84. The number of rotatable bonds is 4. The SMILES string of the molecule is Cc1ccc2[nH]c(=O)c(CN(C(=O)c3cccnc3)C3CCCCC3)cc2c1. The van der Waals surface area contributed by atoms with Crippen LogP contribution in [0.5, 0.6) is 0 Å². The Labute approximate surface area is 164 Å². The molecule has 1 aliphatic carbocycles. The average molecular weight is 375 g/mol. The van der Waals surface area contributed by atoms with Crippen LogP contribution >= 0.6 is 0 Å². The predicted molar refractivity (Wildman–Crippen MR) is 110 cm³/mol. The van der Waals surface area contributed by atoms with E-state index in [1.54, 1.807) is 24.5 Å². The molecule has 3 aromatic rings. The number of nitrogens with one attached hydrogen (secondary N) is 1. The lowest BCUT2D eigenvalue weighted by molar-refractivity contribution is 0.0613. The molecule has 1 N–H and O–H groups in total. The highest BCUT2D eigenvalue weighted by Gasteiger charge is 2.27. The Kier molecular flexibility index (Phi) is 5.24. The number of aromatic amines is 1. The van der Waals surface area contributed by atoms with Crippen LogP contribution in [0.4, 0.5) is 0 Å². The smallest absolute Gasteiger partial charge is 0.255 e. The summed E-state index contributed by atoms with van der Waals surface area (Å²) in [5.41, 5.74) is 3.03. The maximum atomic E-state index is 13.3. The molecule has 2 aromatic heterocycles. The number of amides is 1. The van der Waals surface area contributed by atoms with Crippen molar-refractivity contribution < 1.29 is 4.79 Å². The zero-order chi connectivity index (χ0) is 19.5. The third-order valence-electron chi connectivity index (χ3n) is 5.60. The van der Waals surface area contributed by atoms with Gasteiger partial charge >= 0.3 is 0 Å². The van der Waals surface area contributed by atoms with Crippen molar-refractivity contribution >= 4 is 16.8 Å².